The summed E-state index contributed by atoms with van der Waals surface area (Å²) in [5, 5.41) is 8.65. The summed E-state index contributed by atoms with van der Waals surface area (Å²) in [6.45, 7) is 0.146. The molecule has 1 aliphatic rings. The van der Waals surface area contributed by atoms with Gasteiger partial charge in [-0.25, -0.2) is 18.5 Å². The Labute approximate surface area is 193 Å². The number of anilines is 1. The number of carbonyl (C=O) groups is 1. The maximum Gasteiger partial charge on any atom is 0.268 e. The molecule has 0 radical (unpaired) electrons. The van der Waals surface area contributed by atoms with E-state index in [1.54, 1.807) is 30.3 Å². The van der Waals surface area contributed by atoms with Crippen molar-refractivity contribution in [3.05, 3.63) is 77.7 Å². The Morgan fingerprint density at radius 3 is 2.39 bits per heavy atom. The van der Waals surface area contributed by atoms with Crippen LogP contribution in [-0.4, -0.2) is 26.1 Å². The molecule has 166 valence electrons. The fourth-order valence-corrected chi connectivity index (χ4v) is 4.84. The van der Waals surface area contributed by atoms with Crippen LogP contribution in [0.4, 0.5) is 5.69 Å². The Kier molecular flexibility index (Phi) is 5.33. The van der Waals surface area contributed by atoms with Crippen LogP contribution < -0.4 is 19.9 Å². The van der Waals surface area contributed by atoms with Gasteiger partial charge in [0.1, 0.15) is 9.88 Å². The van der Waals surface area contributed by atoms with Gasteiger partial charge in [-0.3, -0.25) is 4.79 Å². The van der Waals surface area contributed by atoms with Crippen molar-refractivity contribution in [3.8, 4) is 33.3 Å². The molecular weight excluding hydrogens is 462 g/mol. The Morgan fingerprint density at radius 2 is 1.67 bits per heavy atom. The third-order valence-corrected chi connectivity index (χ3v) is 6.97. The van der Waals surface area contributed by atoms with Gasteiger partial charge in [0.05, 0.1) is 10.6 Å². The predicted octanol–water partition coefficient (Wildman–Crippen LogP) is 4.11. The number of nitrogens with one attached hydrogen (secondary N) is 1. The zero-order valence-electron chi connectivity index (χ0n) is 17.0. The lowest BCUT2D eigenvalue weighted by molar-refractivity contribution is 0.103. The minimum Gasteiger partial charge on any atom is -0.454 e. The molecule has 0 fully saturated rings. The lowest BCUT2D eigenvalue weighted by Crippen LogP contribution is -2.11. The fraction of sp³-hybridized carbons (Fsp3) is 0.0435. The van der Waals surface area contributed by atoms with Gasteiger partial charge in [0, 0.05) is 22.9 Å². The smallest absolute Gasteiger partial charge is 0.268 e. The summed E-state index contributed by atoms with van der Waals surface area (Å²) in [7, 11) is -3.80. The molecule has 10 heteroatoms. The van der Waals surface area contributed by atoms with Crippen LogP contribution in [0.1, 0.15) is 9.67 Å². The van der Waals surface area contributed by atoms with Crippen LogP contribution in [0.25, 0.3) is 21.8 Å². The van der Waals surface area contributed by atoms with Gasteiger partial charge in [0.15, 0.2) is 11.5 Å². The van der Waals surface area contributed by atoms with E-state index in [1.165, 1.54) is 23.5 Å². The summed E-state index contributed by atoms with van der Waals surface area (Å²) < 4.78 is 33.8. The summed E-state index contributed by atoms with van der Waals surface area (Å²) >= 11 is 1.21. The second-order valence-corrected chi connectivity index (χ2v) is 9.71. The number of carbonyl (C=O) groups excluding carboxylic acids is 1. The van der Waals surface area contributed by atoms with Gasteiger partial charge < -0.3 is 14.8 Å². The number of hydrogen-bond acceptors (Lipinski definition) is 7. The van der Waals surface area contributed by atoms with Crippen LogP contribution in [0.2, 0.25) is 0 Å². The number of rotatable bonds is 5. The van der Waals surface area contributed by atoms with Crippen molar-refractivity contribution in [1.29, 1.82) is 0 Å². The van der Waals surface area contributed by atoms with Gasteiger partial charge in [-0.1, -0.05) is 42.5 Å². The zero-order valence-corrected chi connectivity index (χ0v) is 18.7. The maximum atomic E-state index is 13.2. The highest BCUT2D eigenvalue weighted by Gasteiger charge is 2.22. The van der Waals surface area contributed by atoms with E-state index in [4.69, 9.17) is 19.6 Å². The molecule has 0 spiro atoms. The average molecular weight is 480 g/mol. The van der Waals surface area contributed by atoms with E-state index < -0.39 is 10.0 Å². The van der Waals surface area contributed by atoms with Gasteiger partial charge in [-0.15, -0.1) is 11.3 Å². The predicted molar refractivity (Wildman–Crippen MR) is 125 cm³/mol. The van der Waals surface area contributed by atoms with Gasteiger partial charge in [-0.05, 0) is 24.3 Å². The first-order valence-electron chi connectivity index (χ1n) is 9.79. The minimum absolute atomic E-state index is 0.00636. The lowest BCUT2D eigenvalue weighted by Gasteiger charge is -2.06. The first-order chi connectivity index (χ1) is 15.9. The standard InChI is InChI=1S/C23H17N3O5S2/c24-33(28,29)17-9-6-15(7-10-17)23-26-20(14-4-2-1-3-5-14)21(32-23)22(27)25-16-8-11-18-19(12-16)31-13-30-18/h1-12H,13H2,(H,25,27)(H2,24,28,29). The zero-order chi connectivity index (χ0) is 23.0. The number of amides is 1. The topological polar surface area (TPSA) is 121 Å². The van der Waals surface area contributed by atoms with Crippen molar-refractivity contribution in [2.24, 2.45) is 5.14 Å². The summed E-state index contributed by atoms with van der Waals surface area (Å²) in [5.41, 5.74) is 2.56. The molecule has 1 amide bonds. The molecule has 8 nitrogen and oxygen atoms in total. The summed E-state index contributed by atoms with van der Waals surface area (Å²) in [6.07, 6.45) is 0. The number of hydrogen-bond donors (Lipinski definition) is 2. The summed E-state index contributed by atoms with van der Waals surface area (Å²) in [5.74, 6) is 0.870. The van der Waals surface area contributed by atoms with Crippen molar-refractivity contribution >= 4 is 33.0 Å². The van der Waals surface area contributed by atoms with Crippen molar-refractivity contribution in [2.75, 3.05) is 12.1 Å². The summed E-state index contributed by atoms with van der Waals surface area (Å²) in [6, 6.07) is 20.6. The molecule has 1 aromatic heterocycles. The second kappa shape index (κ2) is 8.32. The molecule has 5 rings (SSSR count). The molecular formula is C23H17N3O5S2. The molecule has 0 aliphatic carbocycles. The van der Waals surface area contributed by atoms with Crippen molar-refractivity contribution < 1.29 is 22.7 Å². The number of benzene rings is 3. The average Bonchev–Trinajstić information content (AvgIpc) is 3.46. The maximum absolute atomic E-state index is 13.2. The summed E-state index contributed by atoms with van der Waals surface area (Å²) in [4.78, 5) is 18.4. The van der Waals surface area contributed by atoms with E-state index >= 15 is 0 Å². The largest absolute Gasteiger partial charge is 0.454 e. The van der Waals surface area contributed by atoms with Crippen molar-refractivity contribution in [2.45, 2.75) is 4.90 Å². The molecule has 0 saturated heterocycles. The van der Waals surface area contributed by atoms with Crippen LogP contribution in [0.3, 0.4) is 0 Å². The van der Waals surface area contributed by atoms with Crippen LogP contribution >= 0.6 is 11.3 Å². The molecule has 33 heavy (non-hydrogen) atoms. The van der Waals surface area contributed by atoms with Crippen LogP contribution in [0.5, 0.6) is 11.5 Å². The number of primary sulfonamides is 1. The van der Waals surface area contributed by atoms with Crippen molar-refractivity contribution in [1.82, 2.24) is 4.98 Å². The van der Waals surface area contributed by atoms with Crippen molar-refractivity contribution in [3.63, 3.8) is 0 Å². The second-order valence-electron chi connectivity index (χ2n) is 7.15. The minimum atomic E-state index is -3.80. The molecule has 0 bridgehead atoms. The third-order valence-electron chi connectivity index (χ3n) is 4.94. The SMILES string of the molecule is NS(=O)(=O)c1ccc(-c2nc(-c3ccccc3)c(C(=O)Nc3ccc4c(c3)OCO4)s2)cc1. The van der Waals surface area contributed by atoms with E-state index in [1.807, 2.05) is 30.3 Å². The first kappa shape index (κ1) is 21.1. The number of ether oxygens (including phenoxy) is 2. The van der Waals surface area contributed by atoms with Gasteiger partial charge in [0.25, 0.3) is 5.91 Å². The van der Waals surface area contributed by atoms with E-state index in [0.717, 1.165) is 5.56 Å². The van der Waals surface area contributed by atoms with E-state index in [9.17, 15) is 13.2 Å². The first-order valence-corrected chi connectivity index (χ1v) is 12.2. The number of sulfonamides is 1. The van der Waals surface area contributed by atoms with Crippen LogP contribution in [0, 0.1) is 0 Å². The molecule has 4 aromatic rings. The Hall–Kier alpha value is -3.73. The molecule has 2 heterocycles. The fourth-order valence-electron chi connectivity index (χ4n) is 3.34. The van der Waals surface area contributed by atoms with Crippen LogP contribution in [0.15, 0.2) is 77.7 Å². The van der Waals surface area contributed by atoms with E-state index in [-0.39, 0.29) is 17.6 Å². The Bertz CT molecular complexity index is 1450. The number of aromatic nitrogens is 1. The van der Waals surface area contributed by atoms with Gasteiger partial charge in [0.2, 0.25) is 16.8 Å². The Morgan fingerprint density at radius 1 is 0.939 bits per heavy atom. The Balaban J connectivity index is 1.51. The monoisotopic (exact) mass is 479 g/mol. The van der Waals surface area contributed by atoms with E-state index in [2.05, 4.69) is 5.32 Å². The molecule has 0 unspecified atom stereocenters. The lowest BCUT2D eigenvalue weighted by atomic mass is 10.1. The molecule has 1 aliphatic heterocycles. The quantitative estimate of drug-likeness (QED) is 0.445. The molecule has 0 atom stereocenters. The van der Waals surface area contributed by atoms with E-state index in [0.29, 0.717) is 38.3 Å². The molecule has 3 aromatic carbocycles. The highest BCUT2D eigenvalue weighted by atomic mass is 32.2. The normalized spacial score (nSPS) is 12.5. The number of fused-ring (bicyclic) bond motifs is 1. The highest BCUT2D eigenvalue weighted by molar-refractivity contribution is 7.89. The number of thiazole rings is 1. The molecule has 3 N–H and O–H groups in total. The number of nitrogens with two attached hydrogens (primary N) is 1. The molecule has 0 saturated carbocycles. The highest BCUT2D eigenvalue weighted by Crippen LogP contribution is 2.37. The number of nitrogens with zero attached hydrogens (tertiary/aromatic N) is 1. The van der Waals surface area contributed by atoms with Crippen LogP contribution in [-0.2, 0) is 10.0 Å². The van der Waals surface area contributed by atoms with Gasteiger partial charge in [-0.2, -0.15) is 0 Å². The third kappa shape index (κ3) is 4.31. The van der Waals surface area contributed by atoms with Gasteiger partial charge >= 0.3 is 0 Å².